The molecule has 5 nitrogen and oxygen atoms in total. The third kappa shape index (κ3) is 4.18. The van der Waals surface area contributed by atoms with E-state index in [-0.39, 0.29) is 34.1 Å². The van der Waals surface area contributed by atoms with E-state index in [4.69, 9.17) is 4.42 Å². The molecule has 1 fully saturated rings. The molecule has 0 aliphatic heterocycles. The Morgan fingerprint density at radius 1 is 1.12 bits per heavy atom. The van der Waals surface area contributed by atoms with Gasteiger partial charge in [-0.15, -0.1) is 0 Å². The fourth-order valence-corrected chi connectivity index (χ4v) is 4.77. The second kappa shape index (κ2) is 7.66. The maximum Gasteiger partial charge on any atom is 0.287 e. The first-order chi connectivity index (χ1) is 12.4. The number of hydrogen-bond donors (Lipinski definition) is 1. The molecule has 1 amide bonds. The summed E-state index contributed by atoms with van der Waals surface area (Å²) in [6.07, 6.45) is 3.26. The monoisotopic (exact) mass is 375 g/mol. The molecule has 1 N–H and O–H groups in total. The molecule has 3 unspecified atom stereocenters. The Bertz CT molecular complexity index is 857. The van der Waals surface area contributed by atoms with E-state index in [9.17, 15) is 13.2 Å². The number of amides is 1. The molecular weight excluding hydrogens is 350 g/mol. The summed E-state index contributed by atoms with van der Waals surface area (Å²) in [6, 6.07) is 11.5. The lowest BCUT2D eigenvalue weighted by atomic mass is 9.78. The Morgan fingerprint density at radius 3 is 2.58 bits per heavy atom. The molecule has 0 radical (unpaired) electrons. The summed E-state index contributed by atoms with van der Waals surface area (Å²) in [5.41, 5.74) is 0. The Labute approximate surface area is 154 Å². The van der Waals surface area contributed by atoms with Gasteiger partial charge in [0.05, 0.1) is 4.90 Å². The van der Waals surface area contributed by atoms with Crippen LogP contribution in [-0.2, 0) is 15.6 Å². The van der Waals surface area contributed by atoms with Crippen LogP contribution in [0.4, 0.5) is 0 Å². The highest BCUT2D eigenvalue weighted by molar-refractivity contribution is 7.90. The summed E-state index contributed by atoms with van der Waals surface area (Å²) in [7, 11) is -3.49. The van der Waals surface area contributed by atoms with E-state index in [0.717, 1.165) is 12.8 Å². The SMILES string of the molecule is CC1CCCC(NC(=O)c2ccc(CS(=O)(=O)c3ccccc3)o2)C1C. The molecule has 3 rings (SSSR count). The maximum absolute atomic E-state index is 12.5. The van der Waals surface area contributed by atoms with Crippen LogP contribution in [0, 0.1) is 11.8 Å². The maximum atomic E-state index is 12.5. The van der Waals surface area contributed by atoms with Gasteiger partial charge in [0.2, 0.25) is 0 Å². The average Bonchev–Trinajstić information content (AvgIpc) is 3.07. The predicted molar refractivity (Wildman–Crippen MR) is 99.5 cm³/mol. The molecule has 26 heavy (non-hydrogen) atoms. The van der Waals surface area contributed by atoms with Crippen molar-refractivity contribution in [1.29, 1.82) is 0 Å². The van der Waals surface area contributed by atoms with Gasteiger partial charge in [-0.25, -0.2) is 8.42 Å². The summed E-state index contributed by atoms with van der Waals surface area (Å²) in [6.45, 7) is 4.37. The highest BCUT2D eigenvalue weighted by Gasteiger charge is 2.29. The molecule has 1 aromatic heterocycles. The van der Waals surface area contributed by atoms with Gasteiger partial charge in [-0.1, -0.05) is 44.9 Å². The van der Waals surface area contributed by atoms with Crippen molar-refractivity contribution in [3.05, 3.63) is 54.0 Å². The Morgan fingerprint density at radius 2 is 1.85 bits per heavy atom. The van der Waals surface area contributed by atoms with Gasteiger partial charge >= 0.3 is 0 Å². The molecule has 1 heterocycles. The van der Waals surface area contributed by atoms with Crippen molar-refractivity contribution >= 4 is 15.7 Å². The van der Waals surface area contributed by atoms with Crippen LogP contribution in [0.1, 0.15) is 49.4 Å². The minimum Gasteiger partial charge on any atom is -0.455 e. The molecule has 140 valence electrons. The zero-order valence-corrected chi connectivity index (χ0v) is 16.0. The minimum atomic E-state index is -3.49. The average molecular weight is 375 g/mol. The number of carbonyl (C=O) groups excluding carboxylic acids is 1. The molecular formula is C20H25NO4S. The third-order valence-electron chi connectivity index (χ3n) is 5.34. The number of nitrogens with one attached hydrogen (secondary N) is 1. The second-order valence-corrected chi connectivity index (χ2v) is 9.17. The van der Waals surface area contributed by atoms with Crippen LogP contribution in [0.25, 0.3) is 0 Å². The van der Waals surface area contributed by atoms with Crippen LogP contribution in [0.2, 0.25) is 0 Å². The number of rotatable bonds is 5. The summed E-state index contributed by atoms with van der Waals surface area (Å²) in [5, 5.41) is 3.04. The molecule has 1 aliphatic rings. The molecule has 3 atom stereocenters. The lowest BCUT2D eigenvalue weighted by molar-refractivity contribution is 0.0861. The van der Waals surface area contributed by atoms with E-state index in [0.29, 0.717) is 11.8 Å². The molecule has 0 bridgehead atoms. The number of hydrogen-bond acceptors (Lipinski definition) is 4. The highest BCUT2D eigenvalue weighted by Crippen LogP contribution is 2.29. The number of carbonyl (C=O) groups is 1. The van der Waals surface area contributed by atoms with Gasteiger partial charge in [0.1, 0.15) is 11.5 Å². The van der Waals surface area contributed by atoms with Crippen molar-refractivity contribution in [1.82, 2.24) is 5.32 Å². The van der Waals surface area contributed by atoms with Gasteiger partial charge < -0.3 is 9.73 Å². The van der Waals surface area contributed by atoms with Gasteiger partial charge in [-0.3, -0.25) is 4.79 Å². The van der Waals surface area contributed by atoms with Crippen LogP contribution in [-0.4, -0.2) is 20.4 Å². The minimum absolute atomic E-state index is 0.132. The summed E-state index contributed by atoms with van der Waals surface area (Å²) in [4.78, 5) is 12.7. The molecule has 1 saturated carbocycles. The van der Waals surface area contributed by atoms with E-state index in [1.165, 1.54) is 6.42 Å². The number of furan rings is 1. The van der Waals surface area contributed by atoms with Crippen LogP contribution in [0.5, 0.6) is 0 Å². The normalized spacial score (nSPS) is 23.5. The smallest absolute Gasteiger partial charge is 0.287 e. The first kappa shape index (κ1) is 18.7. The van der Waals surface area contributed by atoms with Gasteiger partial charge in [-0.05, 0) is 42.5 Å². The highest BCUT2D eigenvalue weighted by atomic mass is 32.2. The standard InChI is InChI=1S/C20H25NO4S/c1-14-7-6-10-18(15(14)2)21-20(22)19-12-11-16(25-19)13-26(23,24)17-8-4-3-5-9-17/h3-5,8-9,11-12,14-15,18H,6-7,10,13H2,1-2H3,(H,21,22). The third-order valence-corrected chi connectivity index (χ3v) is 7.00. The fraction of sp³-hybridized carbons (Fsp3) is 0.450. The van der Waals surface area contributed by atoms with Crippen LogP contribution >= 0.6 is 0 Å². The van der Waals surface area contributed by atoms with Crippen LogP contribution in [0.3, 0.4) is 0 Å². The molecule has 0 saturated heterocycles. The predicted octanol–water partition coefficient (Wildman–Crippen LogP) is 3.81. The zero-order valence-electron chi connectivity index (χ0n) is 15.1. The lowest BCUT2D eigenvalue weighted by Gasteiger charge is -2.34. The van der Waals surface area contributed by atoms with Crippen LogP contribution < -0.4 is 5.32 Å². The Balaban J connectivity index is 1.67. The van der Waals surface area contributed by atoms with E-state index in [1.807, 2.05) is 0 Å². The van der Waals surface area contributed by atoms with Gasteiger partial charge in [-0.2, -0.15) is 0 Å². The summed E-state index contributed by atoms with van der Waals surface area (Å²) < 4.78 is 30.3. The van der Waals surface area contributed by atoms with Crippen LogP contribution in [0.15, 0.2) is 51.8 Å². The summed E-state index contributed by atoms with van der Waals surface area (Å²) >= 11 is 0. The number of benzene rings is 1. The van der Waals surface area contributed by atoms with Crippen molar-refractivity contribution < 1.29 is 17.6 Å². The Hall–Kier alpha value is -2.08. The lowest BCUT2D eigenvalue weighted by Crippen LogP contribution is -2.43. The first-order valence-electron chi connectivity index (χ1n) is 9.04. The van der Waals surface area contributed by atoms with E-state index in [2.05, 4.69) is 19.2 Å². The van der Waals surface area contributed by atoms with Gasteiger partial charge in [0, 0.05) is 6.04 Å². The van der Waals surface area contributed by atoms with Crippen molar-refractivity contribution in [2.75, 3.05) is 0 Å². The second-order valence-electron chi connectivity index (χ2n) is 7.19. The molecule has 6 heteroatoms. The first-order valence-corrected chi connectivity index (χ1v) is 10.7. The van der Waals surface area contributed by atoms with Gasteiger partial charge in [0.25, 0.3) is 5.91 Å². The Kier molecular flexibility index (Phi) is 5.51. The van der Waals surface area contributed by atoms with Crippen molar-refractivity contribution in [2.45, 2.75) is 49.8 Å². The topological polar surface area (TPSA) is 76.4 Å². The van der Waals surface area contributed by atoms with E-state index in [1.54, 1.807) is 42.5 Å². The van der Waals surface area contributed by atoms with E-state index >= 15 is 0 Å². The zero-order chi connectivity index (χ0) is 18.7. The quantitative estimate of drug-likeness (QED) is 0.862. The van der Waals surface area contributed by atoms with Gasteiger partial charge in [0.15, 0.2) is 15.6 Å². The molecule has 1 aromatic carbocycles. The van der Waals surface area contributed by atoms with Crippen molar-refractivity contribution in [2.24, 2.45) is 11.8 Å². The van der Waals surface area contributed by atoms with E-state index < -0.39 is 9.84 Å². The molecule has 1 aliphatic carbocycles. The van der Waals surface area contributed by atoms with Crippen molar-refractivity contribution in [3.63, 3.8) is 0 Å². The summed E-state index contributed by atoms with van der Waals surface area (Å²) in [5.74, 6) is 0.885. The largest absolute Gasteiger partial charge is 0.455 e. The molecule has 0 spiro atoms. The number of sulfone groups is 1. The fourth-order valence-electron chi connectivity index (χ4n) is 3.50. The van der Waals surface area contributed by atoms with Crippen molar-refractivity contribution in [3.8, 4) is 0 Å². The molecule has 2 aromatic rings.